The van der Waals surface area contributed by atoms with Crippen molar-refractivity contribution in [3.8, 4) is 0 Å². The second kappa shape index (κ2) is 5.92. The number of amides is 2. The number of hydrogen-bond acceptors (Lipinski definition) is 2. The van der Waals surface area contributed by atoms with Gasteiger partial charge in [-0.2, -0.15) is 0 Å². The minimum absolute atomic E-state index is 0.221. The van der Waals surface area contributed by atoms with Gasteiger partial charge in [0.2, 0.25) is 6.41 Å². The van der Waals surface area contributed by atoms with Crippen LogP contribution in [0.3, 0.4) is 0 Å². The van der Waals surface area contributed by atoms with Crippen LogP contribution in [0.2, 0.25) is 0 Å². The molecule has 20 heavy (non-hydrogen) atoms. The molecule has 102 valence electrons. The Bertz CT molecular complexity index is 642. The highest BCUT2D eigenvalue weighted by molar-refractivity contribution is 6.05. The van der Waals surface area contributed by atoms with Crippen LogP contribution in [0.15, 0.2) is 42.5 Å². The summed E-state index contributed by atoms with van der Waals surface area (Å²) in [4.78, 5) is 22.2. The molecule has 0 fully saturated rings. The molecule has 2 rings (SSSR count). The fraction of sp³-hybridized carbons (Fsp3) is 0. The van der Waals surface area contributed by atoms with Gasteiger partial charge in [-0.3, -0.25) is 9.59 Å². The number of benzene rings is 2. The van der Waals surface area contributed by atoms with Gasteiger partial charge in [-0.05, 0) is 42.5 Å². The molecular formula is C14H10F2N2O2. The molecule has 0 spiro atoms. The third-order valence-corrected chi connectivity index (χ3v) is 2.54. The van der Waals surface area contributed by atoms with E-state index in [4.69, 9.17) is 0 Å². The summed E-state index contributed by atoms with van der Waals surface area (Å²) in [5.74, 6) is -1.85. The zero-order chi connectivity index (χ0) is 14.5. The third-order valence-electron chi connectivity index (χ3n) is 2.54. The fourth-order valence-corrected chi connectivity index (χ4v) is 1.59. The topological polar surface area (TPSA) is 58.2 Å². The number of hydrogen-bond donors (Lipinski definition) is 2. The van der Waals surface area contributed by atoms with Crippen LogP contribution in [-0.4, -0.2) is 12.3 Å². The second-order valence-corrected chi connectivity index (χ2v) is 3.92. The van der Waals surface area contributed by atoms with Crippen LogP contribution in [0.1, 0.15) is 10.4 Å². The highest BCUT2D eigenvalue weighted by Crippen LogP contribution is 2.17. The van der Waals surface area contributed by atoms with E-state index < -0.39 is 17.5 Å². The first-order valence-corrected chi connectivity index (χ1v) is 5.67. The van der Waals surface area contributed by atoms with Gasteiger partial charge >= 0.3 is 0 Å². The van der Waals surface area contributed by atoms with Gasteiger partial charge in [-0.15, -0.1) is 0 Å². The Balaban J connectivity index is 2.21. The SMILES string of the molecule is O=CNc1ccc(F)c(C(=O)Nc2ccc(F)cc2)c1. The van der Waals surface area contributed by atoms with Gasteiger partial charge in [0.25, 0.3) is 5.91 Å². The van der Waals surface area contributed by atoms with Crippen LogP contribution < -0.4 is 10.6 Å². The van der Waals surface area contributed by atoms with Gasteiger partial charge in [0, 0.05) is 11.4 Å². The maximum atomic E-state index is 13.6. The summed E-state index contributed by atoms with van der Waals surface area (Å²) in [6.07, 6.45) is 0.425. The molecule has 0 aliphatic rings. The van der Waals surface area contributed by atoms with E-state index in [0.717, 1.165) is 6.07 Å². The normalized spacial score (nSPS) is 9.90. The average Bonchev–Trinajstić information content (AvgIpc) is 2.43. The molecule has 2 amide bonds. The van der Waals surface area contributed by atoms with Crippen molar-refractivity contribution in [2.75, 3.05) is 10.6 Å². The van der Waals surface area contributed by atoms with Gasteiger partial charge in [-0.1, -0.05) is 0 Å². The van der Waals surface area contributed by atoms with Crippen LogP contribution >= 0.6 is 0 Å². The van der Waals surface area contributed by atoms with Crippen LogP contribution in [0.4, 0.5) is 20.2 Å². The zero-order valence-corrected chi connectivity index (χ0v) is 10.2. The predicted molar refractivity (Wildman–Crippen MR) is 70.4 cm³/mol. The van der Waals surface area contributed by atoms with Crippen molar-refractivity contribution in [1.82, 2.24) is 0 Å². The van der Waals surface area contributed by atoms with E-state index in [-0.39, 0.29) is 5.56 Å². The number of carbonyl (C=O) groups excluding carboxylic acids is 2. The van der Waals surface area contributed by atoms with Crippen molar-refractivity contribution < 1.29 is 18.4 Å². The second-order valence-electron chi connectivity index (χ2n) is 3.92. The first-order valence-electron chi connectivity index (χ1n) is 5.67. The van der Waals surface area contributed by atoms with Crippen molar-refractivity contribution in [2.45, 2.75) is 0 Å². The highest BCUT2D eigenvalue weighted by atomic mass is 19.1. The predicted octanol–water partition coefficient (Wildman–Crippen LogP) is 2.79. The molecule has 4 nitrogen and oxygen atoms in total. The molecule has 2 N–H and O–H groups in total. The summed E-state index contributed by atoms with van der Waals surface area (Å²) >= 11 is 0. The van der Waals surface area contributed by atoms with Gasteiger partial charge in [0.15, 0.2) is 0 Å². The zero-order valence-electron chi connectivity index (χ0n) is 10.2. The number of carbonyl (C=O) groups is 2. The summed E-state index contributed by atoms with van der Waals surface area (Å²) in [6, 6.07) is 8.69. The molecule has 2 aromatic rings. The molecule has 0 heterocycles. The molecule has 0 aliphatic carbocycles. The summed E-state index contributed by atoms with van der Waals surface area (Å²) in [5, 5.41) is 4.76. The molecule has 0 atom stereocenters. The average molecular weight is 276 g/mol. The standard InChI is InChI=1S/C14H10F2N2O2/c15-9-1-3-10(4-2-9)18-14(20)12-7-11(17-8-19)5-6-13(12)16/h1-8H,(H,17,19)(H,18,20). The summed E-state index contributed by atoms with van der Waals surface area (Å²) < 4.78 is 26.3. The van der Waals surface area contributed by atoms with E-state index in [1.54, 1.807) is 0 Å². The smallest absolute Gasteiger partial charge is 0.258 e. The van der Waals surface area contributed by atoms with E-state index in [9.17, 15) is 18.4 Å². The Hall–Kier alpha value is -2.76. The van der Waals surface area contributed by atoms with Crippen LogP contribution in [0, 0.1) is 11.6 Å². The van der Waals surface area contributed by atoms with Crippen LogP contribution in [0.5, 0.6) is 0 Å². The molecule has 0 saturated heterocycles. The lowest BCUT2D eigenvalue weighted by Crippen LogP contribution is -2.14. The molecule has 0 unspecified atom stereocenters. The number of nitrogens with one attached hydrogen (secondary N) is 2. The molecule has 0 saturated carbocycles. The first-order chi connectivity index (χ1) is 9.60. The molecule has 0 aromatic heterocycles. The molecule has 6 heteroatoms. The molecule has 2 aromatic carbocycles. The van der Waals surface area contributed by atoms with Gasteiger partial charge < -0.3 is 10.6 Å². The van der Waals surface area contributed by atoms with Crippen LogP contribution in [0.25, 0.3) is 0 Å². The molecular weight excluding hydrogens is 266 g/mol. The summed E-state index contributed by atoms with van der Waals surface area (Å²) in [5.41, 5.74) is 0.413. The minimum Gasteiger partial charge on any atom is -0.329 e. The van der Waals surface area contributed by atoms with Gasteiger partial charge in [0.1, 0.15) is 11.6 Å². The Morgan fingerprint density at radius 3 is 2.30 bits per heavy atom. The van der Waals surface area contributed by atoms with Gasteiger partial charge in [-0.25, -0.2) is 8.78 Å². The number of halogens is 2. The maximum Gasteiger partial charge on any atom is 0.258 e. The largest absolute Gasteiger partial charge is 0.329 e. The Morgan fingerprint density at radius 2 is 1.65 bits per heavy atom. The van der Waals surface area contributed by atoms with E-state index in [1.165, 1.54) is 36.4 Å². The minimum atomic E-state index is -0.721. The lowest BCUT2D eigenvalue weighted by molar-refractivity contribution is -0.105. The Labute approximate surface area is 113 Å². The van der Waals surface area contributed by atoms with E-state index in [1.807, 2.05) is 0 Å². The van der Waals surface area contributed by atoms with E-state index >= 15 is 0 Å². The number of rotatable bonds is 4. The lowest BCUT2D eigenvalue weighted by atomic mass is 10.1. The highest BCUT2D eigenvalue weighted by Gasteiger charge is 2.12. The van der Waals surface area contributed by atoms with Crippen molar-refractivity contribution in [1.29, 1.82) is 0 Å². The quantitative estimate of drug-likeness (QED) is 0.844. The van der Waals surface area contributed by atoms with Crippen LogP contribution in [-0.2, 0) is 4.79 Å². The van der Waals surface area contributed by atoms with E-state index in [0.29, 0.717) is 17.8 Å². The van der Waals surface area contributed by atoms with Crippen molar-refractivity contribution >= 4 is 23.7 Å². The number of anilines is 2. The van der Waals surface area contributed by atoms with Crippen molar-refractivity contribution in [3.63, 3.8) is 0 Å². The van der Waals surface area contributed by atoms with Crippen molar-refractivity contribution in [2.24, 2.45) is 0 Å². The van der Waals surface area contributed by atoms with Crippen molar-refractivity contribution in [3.05, 3.63) is 59.7 Å². The third kappa shape index (κ3) is 3.17. The summed E-state index contributed by atoms with van der Waals surface area (Å²) in [7, 11) is 0. The maximum absolute atomic E-state index is 13.6. The lowest BCUT2D eigenvalue weighted by Gasteiger charge is -2.07. The summed E-state index contributed by atoms with van der Waals surface area (Å²) in [6.45, 7) is 0. The van der Waals surface area contributed by atoms with Gasteiger partial charge in [0.05, 0.1) is 5.56 Å². The Kier molecular flexibility index (Phi) is 4.05. The molecule has 0 radical (unpaired) electrons. The fourth-order valence-electron chi connectivity index (χ4n) is 1.59. The van der Waals surface area contributed by atoms with E-state index in [2.05, 4.69) is 10.6 Å². The molecule has 0 aliphatic heterocycles. The monoisotopic (exact) mass is 276 g/mol. The first kappa shape index (κ1) is 13.7. The molecule has 0 bridgehead atoms. The Morgan fingerprint density at radius 1 is 1.00 bits per heavy atom.